The van der Waals surface area contributed by atoms with E-state index >= 15 is 0 Å². The summed E-state index contributed by atoms with van der Waals surface area (Å²) in [5.41, 5.74) is 0. The van der Waals surface area contributed by atoms with Crippen molar-refractivity contribution in [2.24, 2.45) is 0 Å². The number of hydrogen-bond donors (Lipinski definition) is 0. The molecule has 0 fully saturated rings. The molecule has 12 heavy (non-hydrogen) atoms. The van der Waals surface area contributed by atoms with Crippen LogP contribution >= 0.6 is 0 Å². The molecule has 0 spiro atoms. The Kier molecular flexibility index (Phi) is 13.1. The highest BCUT2D eigenvalue weighted by Crippen LogP contribution is 1.93. The van der Waals surface area contributed by atoms with Gasteiger partial charge in [0.05, 0.1) is 6.10 Å². The van der Waals surface area contributed by atoms with E-state index in [1.165, 1.54) is 0 Å². The van der Waals surface area contributed by atoms with Crippen molar-refractivity contribution in [2.45, 2.75) is 40.7 Å². The van der Waals surface area contributed by atoms with Crippen LogP contribution in [0.25, 0.3) is 0 Å². The molecular formula is C10H25NO. The quantitative estimate of drug-likeness (QED) is 0.636. The van der Waals surface area contributed by atoms with Crippen molar-refractivity contribution in [3.8, 4) is 0 Å². The molecule has 0 aliphatic carbocycles. The van der Waals surface area contributed by atoms with Crippen LogP contribution in [0.5, 0.6) is 0 Å². The first-order valence-corrected chi connectivity index (χ1v) is 4.99. The maximum absolute atomic E-state index is 5.14. The van der Waals surface area contributed by atoms with E-state index in [-0.39, 0.29) is 0 Å². The van der Waals surface area contributed by atoms with Gasteiger partial charge in [-0.05, 0) is 20.0 Å². The average molecular weight is 175 g/mol. The number of rotatable bonds is 5. The summed E-state index contributed by atoms with van der Waals surface area (Å²) < 4.78 is 5.14. The lowest BCUT2D eigenvalue weighted by atomic mass is 10.3. The van der Waals surface area contributed by atoms with Crippen LogP contribution in [0.2, 0.25) is 0 Å². The van der Waals surface area contributed by atoms with Gasteiger partial charge in [-0.2, -0.15) is 0 Å². The molecule has 0 aromatic rings. The van der Waals surface area contributed by atoms with Crippen LogP contribution in [0, 0.1) is 0 Å². The van der Waals surface area contributed by atoms with E-state index in [0.717, 1.165) is 19.6 Å². The SMILES string of the molecule is CC.CCN(CC)CC(C)OC. The van der Waals surface area contributed by atoms with E-state index in [2.05, 4.69) is 25.7 Å². The largest absolute Gasteiger partial charge is 0.380 e. The van der Waals surface area contributed by atoms with Crippen LogP contribution < -0.4 is 0 Å². The highest BCUT2D eigenvalue weighted by molar-refractivity contribution is 4.57. The first-order chi connectivity index (χ1) is 5.74. The maximum atomic E-state index is 5.14. The Morgan fingerprint density at radius 3 is 1.83 bits per heavy atom. The lowest BCUT2D eigenvalue weighted by Crippen LogP contribution is -2.31. The van der Waals surface area contributed by atoms with Crippen molar-refractivity contribution >= 4 is 0 Å². The normalized spacial score (nSPS) is 12.2. The highest BCUT2D eigenvalue weighted by atomic mass is 16.5. The molecule has 0 saturated heterocycles. The van der Waals surface area contributed by atoms with Crippen LogP contribution in [0.15, 0.2) is 0 Å². The van der Waals surface area contributed by atoms with Crippen LogP contribution in [0.1, 0.15) is 34.6 Å². The van der Waals surface area contributed by atoms with Crippen molar-refractivity contribution in [3.63, 3.8) is 0 Å². The molecule has 1 unspecified atom stereocenters. The van der Waals surface area contributed by atoms with Crippen LogP contribution in [0.4, 0.5) is 0 Å². The van der Waals surface area contributed by atoms with E-state index in [1.807, 2.05) is 13.8 Å². The van der Waals surface area contributed by atoms with E-state index in [9.17, 15) is 0 Å². The number of methoxy groups -OCH3 is 1. The first-order valence-electron chi connectivity index (χ1n) is 4.99. The van der Waals surface area contributed by atoms with E-state index in [0.29, 0.717) is 6.10 Å². The molecule has 0 aromatic carbocycles. The zero-order valence-corrected chi connectivity index (χ0v) is 9.55. The van der Waals surface area contributed by atoms with Gasteiger partial charge in [-0.15, -0.1) is 0 Å². The van der Waals surface area contributed by atoms with Crippen molar-refractivity contribution in [2.75, 3.05) is 26.7 Å². The Morgan fingerprint density at radius 1 is 1.17 bits per heavy atom. The summed E-state index contributed by atoms with van der Waals surface area (Å²) in [7, 11) is 1.76. The first kappa shape index (κ1) is 14.4. The Balaban J connectivity index is 0. The molecule has 1 atom stereocenters. The third kappa shape index (κ3) is 8.02. The minimum absolute atomic E-state index is 0.361. The second-order valence-corrected chi connectivity index (χ2v) is 2.53. The molecule has 0 rings (SSSR count). The van der Waals surface area contributed by atoms with Crippen molar-refractivity contribution in [3.05, 3.63) is 0 Å². The molecule has 0 saturated carbocycles. The van der Waals surface area contributed by atoms with E-state index in [4.69, 9.17) is 4.74 Å². The summed E-state index contributed by atoms with van der Waals surface area (Å²) in [6, 6.07) is 0. The van der Waals surface area contributed by atoms with Gasteiger partial charge in [-0.3, -0.25) is 0 Å². The van der Waals surface area contributed by atoms with Gasteiger partial charge in [0.15, 0.2) is 0 Å². The average Bonchev–Trinajstić information content (AvgIpc) is 2.16. The summed E-state index contributed by atoms with van der Waals surface area (Å²) in [6.45, 7) is 13.7. The number of ether oxygens (including phenoxy) is 1. The lowest BCUT2D eigenvalue weighted by molar-refractivity contribution is 0.0807. The Morgan fingerprint density at radius 2 is 1.58 bits per heavy atom. The lowest BCUT2D eigenvalue weighted by Gasteiger charge is -2.21. The summed E-state index contributed by atoms with van der Waals surface area (Å²) in [4.78, 5) is 2.36. The molecule has 0 aliphatic heterocycles. The van der Waals surface area contributed by atoms with Crippen LogP contribution in [0.3, 0.4) is 0 Å². The zero-order valence-electron chi connectivity index (χ0n) is 9.55. The third-order valence-electron chi connectivity index (χ3n) is 1.81. The van der Waals surface area contributed by atoms with E-state index in [1.54, 1.807) is 7.11 Å². The third-order valence-corrected chi connectivity index (χ3v) is 1.81. The molecule has 2 heteroatoms. The van der Waals surface area contributed by atoms with Gasteiger partial charge in [0.1, 0.15) is 0 Å². The minimum atomic E-state index is 0.361. The number of hydrogen-bond acceptors (Lipinski definition) is 2. The predicted molar refractivity (Wildman–Crippen MR) is 55.6 cm³/mol. The maximum Gasteiger partial charge on any atom is 0.0670 e. The molecule has 2 nitrogen and oxygen atoms in total. The molecule has 76 valence electrons. The Labute approximate surface area is 77.9 Å². The highest BCUT2D eigenvalue weighted by Gasteiger charge is 2.03. The fourth-order valence-corrected chi connectivity index (χ4v) is 0.920. The van der Waals surface area contributed by atoms with Gasteiger partial charge in [0.2, 0.25) is 0 Å². The zero-order chi connectivity index (χ0) is 9.98. The van der Waals surface area contributed by atoms with Gasteiger partial charge in [0, 0.05) is 13.7 Å². The fraction of sp³-hybridized carbons (Fsp3) is 1.00. The van der Waals surface area contributed by atoms with Gasteiger partial charge < -0.3 is 9.64 Å². The van der Waals surface area contributed by atoms with Gasteiger partial charge in [-0.25, -0.2) is 0 Å². The second-order valence-electron chi connectivity index (χ2n) is 2.53. The van der Waals surface area contributed by atoms with Gasteiger partial charge in [0.25, 0.3) is 0 Å². The Bertz CT molecular complexity index is 72.2. The van der Waals surface area contributed by atoms with Gasteiger partial charge >= 0.3 is 0 Å². The molecule has 0 aliphatic rings. The van der Waals surface area contributed by atoms with Crippen molar-refractivity contribution < 1.29 is 4.74 Å². The molecule has 0 aromatic heterocycles. The van der Waals surface area contributed by atoms with Crippen LogP contribution in [-0.4, -0.2) is 37.7 Å². The molecule has 0 bridgehead atoms. The monoisotopic (exact) mass is 175 g/mol. The second kappa shape index (κ2) is 10.9. The minimum Gasteiger partial charge on any atom is -0.380 e. The summed E-state index contributed by atoms with van der Waals surface area (Å²) in [6.07, 6.45) is 0.361. The van der Waals surface area contributed by atoms with Gasteiger partial charge in [-0.1, -0.05) is 27.7 Å². The topological polar surface area (TPSA) is 12.5 Å². The molecule has 0 radical (unpaired) electrons. The molecular weight excluding hydrogens is 150 g/mol. The fourth-order valence-electron chi connectivity index (χ4n) is 0.920. The predicted octanol–water partition coefficient (Wildman–Crippen LogP) is 2.39. The molecule has 0 heterocycles. The smallest absolute Gasteiger partial charge is 0.0670 e. The molecule has 0 amide bonds. The van der Waals surface area contributed by atoms with Crippen LogP contribution in [-0.2, 0) is 4.74 Å². The van der Waals surface area contributed by atoms with Crippen molar-refractivity contribution in [1.29, 1.82) is 0 Å². The number of likely N-dealkylation sites (N-methyl/N-ethyl adjacent to an activating group) is 1. The summed E-state index contributed by atoms with van der Waals surface area (Å²) >= 11 is 0. The summed E-state index contributed by atoms with van der Waals surface area (Å²) in [5, 5.41) is 0. The molecule has 0 N–H and O–H groups in total. The van der Waals surface area contributed by atoms with E-state index < -0.39 is 0 Å². The van der Waals surface area contributed by atoms with Crippen molar-refractivity contribution in [1.82, 2.24) is 4.90 Å². The standard InChI is InChI=1S/C8H19NO.C2H6/c1-5-9(6-2)7-8(3)10-4;1-2/h8H,5-7H2,1-4H3;1-2H3. The number of nitrogens with zero attached hydrogens (tertiary/aromatic N) is 1. The Hall–Kier alpha value is -0.0800. The summed E-state index contributed by atoms with van der Waals surface area (Å²) in [5.74, 6) is 0.